The van der Waals surface area contributed by atoms with E-state index >= 15 is 0 Å². The molecule has 3 aromatic rings. The second-order valence-electron chi connectivity index (χ2n) is 7.98. The van der Waals surface area contributed by atoms with Gasteiger partial charge < -0.3 is 26.4 Å². The average Bonchev–Trinajstić information content (AvgIpc) is 3.33. The molecule has 1 aliphatic rings. The molecule has 1 aliphatic heterocycles. The van der Waals surface area contributed by atoms with Gasteiger partial charge in [0.25, 0.3) is 5.91 Å². The first-order valence-corrected chi connectivity index (χ1v) is 11.8. The summed E-state index contributed by atoms with van der Waals surface area (Å²) in [5.74, 6) is -1.40. The van der Waals surface area contributed by atoms with Gasteiger partial charge in [-0.05, 0) is 31.9 Å². The number of nitrogens with zero attached hydrogens (tertiary/aromatic N) is 4. The number of carbonyl (C=O) groups excluding carboxylic acids is 1. The van der Waals surface area contributed by atoms with Crippen molar-refractivity contribution in [2.24, 2.45) is 5.73 Å². The Balaban J connectivity index is 1.60. The zero-order valence-corrected chi connectivity index (χ0v) is 19.7. The predicted molar refractivity (Wildman–Crippen MR) is 128 cm³/mol. The van der Waals surface area contributed by atoms with Gasteiger partial charge in [0.1, 0.15) is 27.3 Å². The van der Waals surface area contributed by atoms with Crippen LogP contribution in [0.2, 0.25) is 0 Å². The van der Waals surface area contributed by atoms with Crippen LogP contribution in [0.15, 0.2) is 24.4 Å². The SMILES string of the molecule is CCn1ncc(NC(=O)c2nc(-c3c(F)cccc3F)sc2N)c1N1CC[C@H](OC)[C@@H](N)CC1. The van der Waals surface area contributed by atoms with E-state index < -0.39 is 17.5 Å². The number of aromatic nitrogens is 3. The number of hydrogen-bond acceptors (Lipinski definition) is 8. The molecule has 0 spiro atoms. The van der Waals surface area contributed by atoms with E-state index in [0.717, 1.165) is 42.1 Å². The number of anilines is 3. The van der Waals surface area contributed by atoms with Gasteiger partial charge in [-0.25, -0.2) is 18.4 Å². The molecule has 0 radical (unpaired) electrons. The van der Waals surface area contributed by atoms with Crippen molar-refractivity contribution in [1.29, 1.82) is 0 Å². The molecule has 2 aromatic heterocycles. The number of hydrogen-bond donors (Lipinski definition) is 3. The Morgan fingerprint density at radius 1 is 1.29 bits per heavy atom. The fourth-order valence-electron chi connectivity index (χ4n) is 4.12. The molecule has 0 aliphatic carbocycles. The number of ether oxygens (including phenoxy) is 1. The van der Waals surface area contributed by atoms with Crippen molar-refractivity contribution in [1.82, 2.24) is 14.8 Å². The van der Waals surface area contributed by atoms with E-state index in [9.17, 15) is 13.6 Å². The second kappa shape index (κ2) is 10.0. The number of nitrogen functional groups attached to an aromatic ring is 1. The first-order valence-electron chi connectivity index (χ1n) is 10.9. The van der Waals surface area contributed by atoms with Gasteiger partial charge in [0.05, 0.1) is 17.9 Å². The summed E-state index contributed by atoms with van der Waals surface area (Å²) in [6, 6.07) is 3.43. The number of carbonyl (C=O) groups is 1. The van der Waals surface area contributed by atoms with Gasteiger partial charge in [0, 0.05) is 32.8 Å². The Morgan fingerprint density at radius 2 is 2.00 bits per heavy atom. The molecular weight excluding hydrogens is 464 g/mol. The zero-order valence-electron chi connectivity index (χ0n) is 18.9. The summed E-state index contributed by atoms with van der Waals surface area (Å²) in [5.41, 5.74) is 12.3. The molecule has 4 rings (SSSR count). The van der Waals surface area contributed by atoms with Gasteiger partial charge in [0.15, 0.2) is 11.5 Å². The highest BCUT2D eigenvalue weighted by Crippen LogP contribution is 2.35. The van der Waals surface area contributed by atoms with Gasteiger partial charge in [-0.15, -0.1) is 0 Å². The predicted octanol–water partition coefficient (Wildman–Crippen LogP) is 3.08. The van der Waals surface area contributed by atoms with Crippen molar-refractivity contribution in [3.63, 3.8) is 0 Å². The van der Waals surface area contributed by atoms with Crippen LogP contribution in [0, 0.1) is 11.6 Å². The number of aryl methyl sites for hydroxylation is 1. The third kappa shape index (κ3) is 4.61. The van der Waals surface area contributed by atoms with E-state index in [1.165, 1.54) is 6.07 Å². The highest BCUT2D eigenvalue weighted by Gasteiger charge is 2.28. The number of nitrogens with one attached hydrogen (secondary N) is 1. The van der Waals surface area contributed by atoms with Crippen LogP contribution in [0.3, 0.4) is 0 Å². The van der Waals surface area contributed by atoms with Gasteiger partial charge in [-0.2, -0.15) is 5.10 Å². The Labute approximate surface area is 199 Å². The van der Waals surface area contributed by atoms with Crippen molar-refractivity contribution in [2.45, 2.75) is 38.5 Å². The monoisotopic (exact) mass is 491 g/mol. The molecule has 182 valence electrons. The molecule has 1 aromatic carbocycles. The molecule has 5 N–H and O–H groups in total. The van der Waals surface area contributed by atoms with E-state index in [4.69, 9.17) is 16.2 Å². The van der Waals surface area contributed by atoms with E-state index in [0.29, 0.717) is 25.3 Å². The van der Waals surface area contributed by atoms with Crippen molar-refractivity contribution in [3.05, 3.63) is 41.7 Å². The van der Waals surface area contributed by atoms with E-state index in [-0.39, 0.29) is 33.4 Å². The molecular formula is C22H27F2N7O2S. The topological polar surface area (TPSA) is 124 Å². The highest BCUT2D eigenvalue weighted by atomic mass is 32.1. The fraction of sp³-hybridized carbons (Fsp3) is 0.409. The van der Waals surface area contributed by atoms with Crippen molar-refractivity contribution in [2.75, 3.05) is 36.1 Å². The van der Waals surface area contributed by atoms with Gasteiger partial charge in [-0.1, -0.05) is 17.4 Å². The number of rotatable bonds is 6. The molecule has 9 nitrogen and oxygen atoms in total. The van der Waals surface area contributed by atoms with Crippen LogP contribution in [0.4, 0.5) is 25.3 Å². The maximum atomic E-state index is 14.2. The van der Waals surface area contributed by atoms with Crippen LogP contribution in [-0.2, 0) is 11.3 Å². The third-order valence-corrected chi connectivity index (χ3v) is 6.80. The van der Waals surface area contributed by atoms with Crippen molar-refractivity contribution >= 4 is 33.8 Å². The molecule has 34 heavy (non-hydrogen) atoms. The van der Waals surface area contributed by atoms with Crippen LogP contribution in [0.25, 0.3) is 10.6 Å². The number of thiazole rings is 1. The third-order valence-electron chi connectivity index (χ3n) is 5.90. The van der Waals surface area contributed by atoms with E-state index in [1.54, 1.807) is 18.0 Å². The summed E-state index contributed by atoms with van der Waals surface area (Å²) in [7, 11) is 1.65. The second-order valence-corrected chi connectivity index (χ2v) is 9.01. The van der Waals surface area contributed by atoms with Crippen LogP contribution in [-0.4, -0.2) is 53.0 Å². The number of benzene rings is 1. The first kappa shape index (κ1) is 24.0. The summed E-state index contributed by atoms with van der Waals surface area (Å²) in [6.07, 6.45) is 2.97. The van der Waals surface area contributed by atoms with Crippen molar-refractivity contribution < 1.29 is 18.3 Å². The lowest BCUT2D eigenvalue weighted by atomic mass is 10.1. The standard InChI is InChI=1S/C22H27F2N7O2S/c1-3-31-22(30-9-7-14(25)16(33-2)8-10-30)15(11-27-31)28-20(32)18-19(26)34-21(29-18)17-12(23)5-4-6-13(17)24/h4-6,11,14,16H,3,7-10,25-26H2,1-2H3,(H,28,32)/t14-,16-/m0/s1. The summed E-state index contributed by atoms with van der Waals surface area (Å²) in [5, 5.41) is 7.27. The molecule has 1 saturated heterocycles. The van der Waals surface area contributed by atoms with Crippen LogP contribution in [0.5, 0.6) is 0 Å². The largest absolute Gasteiger partial charge is 0.389 e. The Hall–Kier alpha value is -3.09. The molecule has 0 unspecified atom stereocenters. The molecule has 1 fully saturated rings. The molecule has 2 atom stereocenters. The Kier molecular flexibility index (Phi) is 7.10. The smallest absolute Gasteiger partial charge is 0.277 e. The first-order chi connectivity index (χ1) is 16.3. The summed E-state index contributed by atoms with van der Waals surface area (Å²) in [6.45, 7) is 3.90. The zero-order chi connectivity index (χ0) is 24.4. The molecule has 0 saturated carbocycles. The number of methoxy groups -OCH3 is 1. The van der Waals surface area contributed by atoms with Gasteiger partial charge in [-0.3, -0.25) is 4.79 Å². The van der Waals surface area contributed by atoms with E-state index in [1.807, 2.05) is 6.92 Å². The number of amides is 1. The lowest BCUT2D eigenvalue weighted by Crippen LogP contribution is -2.35. The van der Waals surface area contributed by atoms with Crippen LogP contribution >= 0.6 is 11.3 Å². The Bertz CT molecular complexity index is 1160. The molecule has 0 bridgehead atoms. The van der Waals surface area contributed by atoms with Gasteiger partial charge >= 0.3 is 0 Å². The molecule has 12 heteroatoms. The van der Waals surface area contributed by atoms with Crippen LogP contribution in [0.1, 0.15) is 30.3 Å². The average molecular weight is 492 g/mol. The number of nitrogens with two attached hydrogens (primary N) is 2. The minimum atomic E-state index is -0.777. The summed E-state index contributed by atoms with van der Waals surface area (Å²) < 4.78 is 35.7. The number of halogens is 2. The lowest BCUT2D eigenvalue weighted by Gasteiger charge is -2.24. The van der Waals surface area contributed by atoms with Crippen LogP contribution < -0.4 is 21.7 Å². The minimum absolute atomic E-state index is 0.00478. The quantitative estimate of drug-likeness (QED) is 0.484. The Morgan fingerprint density at radius 3 is 2.68 bits per heavy atom. The maximum absolute atomic E-state index is 14.2. The van der Waals surface area contributed by atoms with Gasteiger partial charge in [0.2, 0.25) is 0 Å². The molecule has 1 amide bonds. The molecule has 3 heterocycles. The summed E-state index contributed by atoms with van der Waals surface area (Å²) >= 11 is 0.849. The van der Waals surface area contributed by atoms with Crippen molar-refractivity contribution in [3.8, 4) is 10.6 Å². The summed E-state index contributed by atoms with van der Waals surface area (Å²) in [4.78, 5) is 19.3. The maximum Gasteiger partial charge on any atom is 0.277 e. The minimum Gasteiger partial charge on any atom is -0.389 e. The fourth-order valence-corrected chi connectivity index (χ4v) is 5.00. The normalized spacial score (nSPS) is 18.7. The highest BCUT2D eigenvalue weighted by molar-refractivity contribution is 7.19. The van der Waals surface area contributed by atoms with E-state index in [2.05, 4.69) is 20.3 Å². The lowest BCUT2D eigenvalue weighted by molar-refractivity contribution is 0.0781.